The summed E-state index contributed by atoms with van der Waals surface area (Å²) in [5.41, 5.74) is 5.92. The Balaban J connectivity index is 1.26. The van der Waals surface area contributed by atoms with Crippen molar-refractivity contribution in [2.45, 2.75) is 84.1 Å². The molecule has 2 aliphatic rings. The van der Waals surface area contributed by atoms with E-state index in [1.165, 1.54) is 11.1 Å². The summed E-state index contributed by atoms with van der Waals surface area (Å²) in [6.45, 7) is 5.26. The Bertz CT molecular complexity index is 1650. The number of benzene rings is 3. The molecule has 2 aliphatic heterocycles. The fraction of sp³-hybridized carbons (Fsp3) is 0.429. The summed E-state index contributed by atoms with van der Waals surface area (Å²) in [5, 5.41) is 0. The van der Waals surface area contributed by atoms with Gasteiger partial charge in [0.1, 0.15) is 0 Å². The van der Waals surface area contributed by atoms with E-state index in [-0.39, 0.29) is 11.8 Å². The van der Waals surface area contributed by atoms with E-state index in [1.807, 2.05) is 34.1 Å². The number of anilines is 2. The Kier molecular flexibility index (Phi) is 12.1. The van der Waals surface area contributed by atoms with Gasteiger partial charge >= 0.3 is 0 Å². The van der Waals surface area contributed by atoms with Gasteiger partial charge in [0, 0.05) is 51.5 Å². The molecule has 2 amide bonds. The van der Waals surface area contributed by atoms with E-state index in [0.29, 0.717) is 37.5 Å². The summed E-state index contributed by atoms with van der Waals surface area (Å²) in [6.07, 6.45) is 12.9. The van der Waals surface area contributed by atoms with Gasteiger partial charge in [-0.2, -0.15) is 0 Å². The zero-order valence-corrected chi connectivity index (χ0v) is 29.1. The number of nitrogens with zero attached hydrogens (tertiary/aromatic N) is 5. The molecule has 1 fully saturated rings. The average molecular weight is 658 g/mol. The first kappa shape index (κ1) is 34.3. The van der Waals surface area contributed by atoms with Gasteiger partial charge in [0.2, 0.25) is 11.9 Å². The highest BCUT2D eigenvalue weighted by Crippen LogP contribution is 2.28. The SMILES string of the molecule is CC(=O)N1CCCCCCCCN(C(=O)c2cnc(N3CCC(Cc4ccccc4)CC3)nc2CCc2ccccc2)Cc2ccccc21. The van der Waals surface area contributed by atoms with Crippen molar-refractivity contribution in [3.05, 3.63) is 119 Å². The maximum atomic E-state index is 14.6. The monoisotopic (exact) mass is 657 g/mol. The lowest BCUT2D eigenvalue weighted by atomic mass is 9.90. The molecule has 7 heteroatoms. The lowest BCUT2D eigenvalue weighted by Gasteiger charge is -2.32. The van der Waals surface area contributed by atoms with Gasteiger partial charge in [-0.15, -0.1) is 0 Å². The lowest BCUT2D eigenvalue weighted by Crippen LogP contribution is -2.37. The van der Waals surface area contributed by atoms with E-state index in [4.69, 9.17) is 9.97 Å². The number of fused-ring (bicyclic) bond motifs is 1. The third kappa shape index (κ3) is 9.34. The molecule has 49 heavy (non-hydrogen) atoms. The van der Waals surface area contributed by atoms with Crippen LogP contribution in [0.1, 0.15) is 91.0 Å². The third-order valence-corrected chi connectivity index (χ3v) is 10.2. The van der Waals surface area contributed by atoms with E-state index >= 15 is 0 Å². The quantitative estimate of drug-likeness (QED) is 0.201. The number of amides is 2. The van der Waals surface area contributed by atoms with E-state index in [9.17, 15) is 9.59 Å². The molecule has 6 rings (SSSR count). The standard InChI is InChI=1S/C42H51N5O2/c1-33(48)47-27-15-5-3-2-4-14-26-46(32-37-20-12-13-21-40(37)47)41(49)38-31-43-42(44-39(38)23-22-34-16-8-6-9-17-34)45-28-24-36(25-29-45)30-35-18-10-7-11-19-35/h6-13,16-21,31,36H,2-5,14-15,22-30,32H2,1H3. The van der Waals surface area contributed by atoms with Gasteiger partial charge in [-0.05, 0) is 73.6 Å². The largest absolute Gasteiger partial charge is 0.341 e. The van der Waals surface area contributed by atoms with Crippen LogP contribution in [0.2, 0.25) is 0 Å². The van der Waals surface area contributed by atoms with Crippen molar-refractivity contribution in [1.82, 2.24) is 14.9 Å². The van der Waals surface area contributed by atoms with Crippen molar-refractivity contribution in [1.29, 1.82) is 0 Å². The van der Waals surface area contributed by atoms with Gasteiger partial charge in [-0.25, -0.2) is 9.97 Å². The fourth-order valence-corrected chi connectivity index (χ4v) is 7.38. The molecule has 3 aromatic carbocycles. The van der Waals surface area contributed by atoms with Crippen LogP contribution in [-0.2, 0) is 30.6 Å². The van der Waals surface area contributed by atoms with Crippen LogP contribution < -0.4 is 9.80 Å². The van der Waals surface area contributed by atoms with Crippen LogP contribution in [-0.4, -0.2) is 52.9 Å². The number of aryl methyl sites for hydroxylation is 2. The molecular formula is C42H51N5O2. The number of rotatable bonds is 7. The van der Waals surface area contributed by atoms with Crippen molar-refractivity contribution >= 4 is 23.5 Å². The highest BCUT2D eigenvalue weighted by molar-refractivity contribution is 5.96. The van der Waals surface area contributed by atoms with Crippen LogP contribution >= 0.6 is 0 Å². The number of carbonyl (C=O) groups excluding carboxylic acids is 2. The van der Waals surface area contributed by atoms with Crippen molar-refractivity contribution < 1.29 is 9.59 Å². The van der Waals surface area contributed by atoms with Gasteiger partial charge in [-0.1, -0.05) is 105 Å². The molecule has 1 saturated heterocycles. The van der Waals surface area contributed by atoms with Crippen molar-refractivity contribution in [3.8, 4) is 0 Å². The fourth-order valence-electron chi connectivity index (χ4n) is 7.38. The minimum atomic E-state index is -0.0322. The first-order valence-electron chi connectivity index (χ1n) is 18.4. The topological polar surface area (TPSA) is 69.6 Å². The van der Waals surface area contributed by atoms with Gasteiger partial charge in [-0.3, -0.25) is 9.59 Å². The molecule has 0 atom stereocenters. The minimum Gasteiger partial charge on any atom is -0.341 e. The number of para-hydroxylation sites is 1. The van der Waals surface area contributed by atoms with Gasteiger partial charge in [0.25, 0.3) is 5.91 Å². The van der Waals surface area contributed by atoms with E-state index in [2.05, 4.69) is 65.6 Å². The molecule has 4 aromatic rings. The van der Waals surface area contributed by atoms with Crippen molar-refractivity contribution in [3.63, 3.8) is 0 Å². The number of hydrogen-bond acceptors (Lipinski definition) is 5. The summed E-state index contributed by atoms with van der Waals surface area (Å²) in [4.78, 5) is 43.6. The molecule has 0 N–H and O–H groups in total. The minimum absolute atomic E-state index is 0.0322. The molecule has 0 radical (unpaired) electrons. The predicted octanol–water partition coefficient (Wildman–Crippen LogP) is 8.07. The molecule has 0 saturated carbocycles. The zero-order chi connectivity index (χ0) is 33.8. The number of piperidine rings is 1. The third-order valence-electron chi connectivity index (χ3n) is 10.2. The number of aromatic nitrogens is 2. The molecule has 0 spiro atoms. The van der Waals surface area contributed by atoms with Crippen LogP contribution in [0.5, 0.6) is 0 Å². The first-order valence-corrected chi connectivity index (χ1v) is 18.4. The van der Waals surface area contributed by atoms with Gasteiger partial charge < -0.3 is 14.7 Å². The molecular weight excluding hydrogens is 606 g/mol. The Labute approximate surface area is 292 Å². The highest BCUT2D eigenvalue weighted by atomic mass is 16.2. The molecule has 256 valence electrons. The van der Waals surface area contributed by atoms with Crippen molar-refractivity contribution in [2.75, 3.05) is 36.0 Å². The van der Waals surface area contributed by atoms with E-state index in [1.54, 1.807) is 13.1 Å². The average Bonchev–Trinajstić information content (AvgIpc) is 3.15. The molecule has 0 unspecified atom stereocenters. The van der Waals surface area contributed by atoms with Gasteiger partial charge in [0.05, 0.1) is 11.3 Å². The Morgan fingerprint density at radius 1 is 0.714 bits per heavy atom. The maximum absolute atomic E-state index is 14.6. The lowest BCUT2D eigenvalue weighted by molar-refractivity contribution is -0.116. The second-order valence-corrected chi connectivity index (χ2v) is 13.8. The maximum Gasteiger partial charge on any atom is 0.257 e. The Morgan fingerprint density at radius 3 is 2.06 bits per heavy atom. The van der Waals surface area contributed by atoms with Crippen LogP contribution in [0.3, 0.4) is 0 Å². The molecule has 0 aliphatic carbocycles. The first-order chi connectivity index (χ1) is 24.0. The summed E-state index contributed by atoms with van der Waals surface area (Å²) < 4.78 is 0. The van der Waals surface area contributed by atoms with Crippen LogP contribution in [0.4, 0.5) is 11.6 Å². The summed E-state index contributed by atoms with van der Waals surface area (Å²) >= 11 is 0. The van der Waals surface area contributed by atoms with Crippen molar-refractivity contribution in [2.24, 2.45) is 5.92 Å². The molecule has 7 nitrogen and oxygen atoms in total. The van der Waals surface area contributed by atoms with E-state index in [0.717, 1.165) is 100 Å². The summed E-state index contributed by atoms with van der Waals surface area (Å²) in [7, 11) is 0. The van der Waals surface area contributed by atoms with Crippen LogP contribution in [0.25, 0.3) is 0 Å². The van der Waals surface area contributed by atoms with Crippen LogP contribution in [0, 0.1) is 5.92 Å². The number of hydrogen-bond donors (Lipinski definition) is 0. The summed E-state index contributed by atoms with van der Waals surface area (Å²) in [6, 6.07) is 29.3. The second kappa shape index (κ2) is 17.2. The van der Waals surface area contributed by atoms with Gasteiger partial charge in [0.15, 0.2) is 0 Å². The second-order valence-electron chi connectivity index (χ2n) is 13.8. The smallest absolute Gasteiger partial charge is 0.257 e. The Morgan fingerprint density at radius 2 is 1.35 bits per heavy atom. The predicted molar refractivity (Wildman–Crippen MR) is 198 cm³/mol. The Hall–Kier alpha value is -4.52. The number of carbonyl (C=O) groups is 2. The van der Waals surface area contributed by atoms with Crippen LogP contribution in [0.15, 0.2) is 91.1 Å². The highest BCUT2D eigenvalue weighted by Gasteiger charge is 2.26. The molecule has 0 bridgehead atoms. The summed E-state index contributed by atoms with van der Waals surface area (Å²) in [5.74, 6) is 1.38. The van der Waals surface area contributed by atoms with E-state index < -0.39 is 0 Å². The molecule has 3 heterocycles. The normalized spacial score (nSPS) is 16.6. The molecule has 1 aromatic heterocycles. The zero-order valence-electron chi connectivity index (χ0n) is 29.1.